The highest BCUT2D eigenvalue weighted by atomic mass is 32.2. The summed E-state index contributed by atoms with van der Waals surface area (Å²) in [7, 11) is -3.18. The number of hydrogen-bond donors (Lipinski definition) is 1. The van der Waals surface area contributed by atoms with Crippen molar-refractivity contribution in [1.82, 2.24) is 9.62 Å². The molecule has 3 fully saturated rings. The Hall–Kier alpha value is -0.660. The van der Waals surface area contributed by atoms with Gasteiger partial charge in [-0.05, 0) is 12.8 Å². The van der Waals surface area contributed by atoms with Crippen LogP contribution in [0.3, 0.4) is 0 Å². The summed E-state index contributed by atoms with van der Waals surface area (Å²) in [5, 5.41) is 2.51. The average molecular weight is 260 g/mol. The van der Waals surface area contributed by atoms with Gasteiger partial charge in [0.25, 0.3) is 0 Å². The maximum Gasteiger partial charge on any atom is 0.223 e. The molecule has 0 bridgehead atoms. The summed E-state index contributed by atoms with van der Waals surface area (Å²) in [6, 6.07) is -0.00105. The molecule has 2 saturated heterocycles. The summed E-state index contributed by atoms with van der Waals surface area (Å²) >= 11 is 0. The lowest BCUT2D eigenvalue weighted by Crippen LogP contribution is -2.64. The van der Waals surface area contributed by atoms with Crippen LogP contribution in [0.15, 0.2) is 0 Å². The summed E-state index contributed by atoms with van der Waals surface area (Å²) < 4.78 is 30.1. The zero-order valence-electron chi connectivity index (χ0n) is 9.46. The third-order valence-corrected chi connectivity index (χ3v) is 5.66. The van der Waals surface area contributed by atoms with Gasteiger partial charge in [-0.15, -0.1) is 0 Å². The van der Waals surface area contributed by atoms with E-state index in [1.54, 1.807) is 0 Å². The van der Waals surface area contributed by atoms with Crippen molar-refractivity contribution in [2.75, 3.05) is 26.3 Å². The number of ether oxygens (including phenoxy) is 1. The molecule has 1 saturated carbocycles. The Morgan fingerprint density at radius 2 is 1.88 bits per heavy atom. The largest absolute Gasteiger partial charge is 0.378 e. The Morgan fingerprint density at radius 1 is 1.24 bits per heavy atom. The maximum atomic E-state index is 11.9. The van der Waals surface area contributed by atoms with E-state index < -0.39 is 10.0 Å². The van der Waals surface area contributed by atoms with Crippen LogP contribution in [0.25, 0.3) is 0 Å². The lowest BCUT2D eigenvalue weighted by Gasteiger charge is -2.41. The van der Waals surface area contributed by atoms with Crippen LogP contribution in [-0.2, 0) is 19.6 Å². The van der Waals surface area contributed by atoms with E-state index in [2.05, 4.69) is 5.32 Å². The van der Waals surface area contributed by atoms with E-state index in [-0.39, 0.29) is 23.1 Å². The SMILES string of the molecule is O=C(NC1CN(S(=O)(=O)C2COC2)C1)C1CC1. The predicted molar refractivity (Wildman–Crippen MR) is 59.8 cm³/mol. The molecule has 6 nitrogen and oxygen atoms in total. The minimum atomic E-state index is -3.18. The van der Waals surface area contributed by atoms with E-state index in [0.29, 0.717) is 26.3 Å². The van der Waals surface area contributed by atoms with Crippen LogP contribution in [0.1, 0.15) is 12.8 Å². The third-order valence-electron chi connectivity index (χ3n) is 3.53. The summed E-state index contributed by atoms with van der Waals surface area (Å²) in [6.07, 6.45) is 1.94. The highest BCUT2D eigenvalue weighted by Gasteiger charge is 2.44. The Morgan fingerprint density at radius 3 is 2.35 bits per heavy atom. The fourth-order valence-corrected chi connectivity index (χ4v) is 3.73. The first-order valence-electron chi connectivity index (χ1n) is 5.94. The first-order valence-corrected chi connectivity index (χ1v) is 7.45. The number of hydrogen-bond acceptors (Lipinski definition) is 4. The lowest BCUT2D eigenvalue weighted by molar-refractivity contribution is -0.123. The first kappa shape index (κ1) is 11.4. The molecule has 0 aromatic heterocycles. The Balaban J connectivity index is 1.48. The average Bonchev–Trinajstić information content (AvgIpc) is 2.87. The molecular formula is C10H16N2O4S. The molecule has 7 heteroatoms. The van der Waals surface area contributed by atoms with Crippen molar-refractivity contribution in [2.45, 2.75) is 24.1 Å². The van der Waals surface area contributed by atoms with Gasteiger partial charge in [-0.2, -0.15) is 4.31 Å². The zero-order valence-corrected chi connectivity index (χ0v) is 10.3. The molecule has 3 aliphatic rings. The summed E-state index contributed by atoms with van der Waals surface area (Å²) in [6.45, 7) is 1.43. The predicted octanol–water partition coefficient (Wildman–Crippen LogP) is -1.07. The standard InChI is InChI=1S/C10H16N2O4S/c13-10(7-1-2-7)11-8-3-12(4-8)17(14,15)9-5-16-6-9/h7-9H,1-6H2,(H,11,13). The molecule has 0 spiro atoms. The topological polar surface area (TPSA) is 75.7 Å². The third kappa shape index (κ3) is 2.07. The molecule has 0 unspecified atom stereocenters. The van der Waals surface area contributed by atoms with Crippen LogP contribution in [0.2, 0.25) is 0 Å². The van der Waals surface area contributed by atoms with Gasteiger partial charge >= 0.3 is 0 Å². The Labute approximate surface area is 100 Å². The maximum absolute atomic E-state index is 11.9. The molecule has 1 amide bonds. The minimum Gasteiger partial charge on any atom is -0.378 e. The second-order valence-corrected chi connectivity index (χ2v) is 7.21. The van der Waals surface area contributed by atoms with Crippen LogP contribution in [0.5, 0.6) is 0 Å². The minimum absolute atomic E-state index is 0.00105. The second-order valence-electron chi connectivity index (χ2n) is 5.00. The van der Waals surface area contributed by atoms with Crippen molar-refractivity contribution in [2.24, 2.45) is 5.92 Å². The van der Waals surface area contributed by atoms with Gasteiger partial charge in [0.15, 0.2) is 0 Å². The van der Waals surface area contributed by atoms with Crippen molar-refractivity contribution in [1.29, 1.82) is 0 Å². The number of nitrogens with one attached hydrogen (secondary N) is 1. The van der Waals surface area contributed by atoms with E-state index >= 15 is 0 Å². The Bertz CT molecular complexity index is 422. The molecule has 1 N–H and O–H groups in total. The number of sulfonamides is 1. The van der Waals surface area contributed by atoms with Gasteiger partial charge in [-0.3, -0.25) is 4.79 Å². The van der Waals surface area contributed by atoms with E-state index in [0.717, 1.165) is 12.8 Å². The first-order chi connectivity index (χ1) is 8.07. The van der Waals surface area contributed by atoms with E-state index in [1.807, 2.05) is 0 Å². The number of carbonyl (C=O) groups excluding carboxylic acids is 1. The van der Waals surface area contributed by atoms with Crippen molar-refractivity contribution >= 4 is 15.9 Å². The van der Waals surface area contributed by atoms with Gasteiger partial charge in [-0.25, -0.2) is 8.42 Å². The molecule has 96 valence electrons. The molecule has 0 atom stereocenters. The molecule has 17 heavy (non-hydrogen) atoms. The number of amides is 1. The number of rotatable bonds is 4. The van der Waals surface area contributed by atoms with Gasteiger partial charge in [0, 0.05) is 19.0 Å². The molecule has 3 rings (SSSR count). The molecular weight excluding hydrogens is 244 g/mol. The normalized spacial score (nSPS) is 27.3. The molecule has 2 aliphatic heterocycles. The van der Waals surface area contributed by atoms with E-state index in [9.17, 15) is 13.2 Å². The van der Waals surface area contributed by atoms with E-state index in [4.69, 9.17) is 4.74 Å². The molecule has 0 aromatic carbocycles. The fraction of sp³-hybridized carbons (Fsp3) is 0.900. The lowest BCUT2D eigenvalue weighted by atomic mass is 10.2. The van der Waals surface area contributed by atoms with Gasteiger partial charge in [0.1, 0.15) is 5.25 Å². The molecule has 2 heterocycles. The van der Waals surface area contributed by atoms with Crippen LogP contribution in [-0.4, -0.2) is 56.2 Å². The van der Waals surface area contributed by atoms with Gasteiger partial charge in [0.05, 0.1) is 19.3 Å². The quantitative estimate of drug-likeness (QED) is 0.698. The van der Waals surface area contributed by atoms with Gasteiger partial charge in [0.2, 0.25) is 15.9 Å². The van der Waals surface area contributed by atoms with Crippen molar-refractivity contribution < 1.29 is 17.9 Å². The molecule has 0 radical (unpaired) electrons. The highest BCUT2D eigenvalue weighted by Crippen LogP contribution is 2.29. The smallest absolute Gasteiger partial charge is 0.223 e. The van der Waals surface area contributed by atoms with E-state index in [1.165, 1.54) is 4.31 Å². The molecule has 1 aliphatic carbocycles. The number of carbonyl (C=O) groups is 1. The second kappa shape index (κ2) is 3.93. The van der Waals surface area contributed by atoms with Crippen molar-refractivity contribution in [3.63, 3.8) is 0 Å². The summed E-state index contributed by atoms with van der Waals surface area (Å²) in [5.74, 6) is 0.264. The van der Waals surface area contributed by atoms with Gasteiger partial charge in [-0.1, -0.05) is 0 Å². The van der Waals surface area contributed by atoms with Crippen LogP contribution in [0, 0.1) is 5.92 Å². The monoisotopic (exact) mass is 260 g/mol. The zero-order chi connectivity index (χ0) is 12.0. The van der Waals surface area contributed by atoms with Crippen molar-refractivity contribution in [3.8, 4) is 0 Å². The Kier molecular flexibility index (Phi) is 2.64. The fourth-order valence-electron chi connectivity index (χ4n) is 2.00. The van der Waals surface area contributed by atoms with Gasteiger partial charge < -0.3 is 10.1 Å². The van der Waals surface area contributed by atoms with Crippen LogP contribution in [0.4, 0.5) is 0 Å². The van der Waals surface area contributed by atoms with Crippen LogP contribution < -0.4 is 5.32 Å². The number of nitrogens with zero attached hydrogens (tertiary/aromatic N) is 1. The summed E-state index contributed by atoms with van der Waals surface area (Å²) in [4.78, 5) is 11.5. The van der Waals surface area contributed by atoms with Crippen LogP contribution >= 0.6 is 0 Å². The highest BCUT2D eigenvalue weighted by molar-refractivity contribution is 7.89. The van der Waals surface area contributed by atoms with Crippen molar-refractivity contribution in [3.05, 3.63) is 0 Å². The summed E-state index contributed by atoms with van der Waals surface area (Å²) in [5.41, 5.74) is 0. The molecule has 0 aromatic rings.